The number of rotatable bonds is 5. The number of hydrogen-bond acceptors (Lipinski definition) is 3. The lowest BCUT2D eigenvalue weighted by molar-refractivity contribution is 0.588. The lowest BCUT2D eigenvalue weighted by atomic mass is 10.2. The molecular weight excluding hydrogens is 198 g/mol. The fraction of sp³-hybridized carbons (Fsp3) is 0.615. The van der Waals surface area contributed by atoms with E-state index in [0.29, 0.717) is 6.04 Å². The topological polar surface area (TPSA) is 28.2 Å². The van der Waals surface area contributed by atoms with Crippen LogP contribution in [-0.2, 0) is 6.54 Å². The van der Waals surface area contributed by atoms with Gasteiger partial charge in [-0.15, -0.1) is 0 Å². The van der Waals surface area contributed by atoms with E-state index >= 15 is 0 Å². The van der Waals surface area contributed by atoms with Crippen molar-refractivity contribution in [2.45, 2.75) is 40.3 Å². The lowest BCUT2D eigenvalue weighted by Crippen LogP contribution is -2.23. The Morgan fingerprint density at radius 2 is 2.06 bits per heavy atom. The summed E-state index contributed by atoms with van der Waals surface area (Å²) in [6.07, 6.45) is 0. The normalized spacial score (nSPS) is 10.9. The number of nitrogens with zero attached hydrogens (tertiary/aromatic N) is 2. The molecule has 0 aromatic carbocycles. The van der Waals surface area contributed by atoms with Gasteiger partial charge in [0.15, 0.2) is 0 Å². The molecule has 3 nitrogen and oxygen atoms in total. The number of hydrogen-bond donors (Lipinski definition) is 1. The van der Waals surface area contributed by atoms with E-state index < -0.39 is 0 Å². The van der Waals surface area contributed by atoms with Crippen molar-refractivity contribution < 1.29 is 0 Å². The largest absolute Gasteiger partial charge is 0.360 e. The van der Waals surface area contributed by atoms with Crippen molar-refractivity contribution in [3.8, 4) is 0 Å². The molecule has 0 radical (unpaired) electrons. The predicted molar refractivity (Wildman–Crippen MR) is 69.9 cm³/mol. The summed E-state index contributed by atoms with van der Waals surface area (Å²) in [6, 6.07) is 4.81. The van der Waals surface area contributed by atoms with E-state index in [-0.39, 0.29) is 0 Å². The zero-order valence-electron chi connectivity index (χ0n) is 11.0. The van der Waals surface area contributed by atoms with E-state index in [1.54, 1.807) is 0 Å². The Balaban J connectivity index is 2.81. The molecule has 1 heterocycles. The Bertz CT molecular complexity index is 334. The zero-order chi connectivity index (χ0) is 12.1. The summed E-state index contributed by atoms with van der Waals surface area (Å²) in [6.45, 7) is 10.4. The molecule has 0 aliphatic carbocycles. The van der Waals surface area contributed by atoms with Gasteiger partial charge in [0.25, 0.3) is 0 Å². The van der Waals surface area contributed by atoms with Crippen LogP contribution in [0.2, 0.25) is 0 Å². The standard InChI is InChI=1S/C13H23N3/c1-6-16(5)13-8-12(7-11(4)15-13)9-14-10(2)3/h7-8,10,14H,6,9H2,1-5H3. The van der Waals surface area contributed by atoms with Gasteiger partial charge in [0.05, 0.1) is 0 Å². The highest BCUT2D eigenvalue weighted by Gasteiger charge is 2.04. The maximum absolute atomic E-state index is 4.53. The zero-order valence-corrected chi connectivity index (χ0v) is 11.0. The second-order valence-corrected chi connectivity index (χ2v) is 4.52. The van der Waals surface area contributed by atoms with Gasteiger partial charge in [-0.1, -0.05) is 13.8 Å². The SMILES string of the molecule is CCN(C)c1cc(CNC(C)C)cc(C)n1. The molecule has 0 aliphatic rings. The number of anilines is 1. The van der Waals surface area contributed by atoms with Crippen LogP contribution in [0, 0.1) is 6.92 Å². The molecule has 0 spiro atoms. The summed E-state index contributed by atoms with van der Waals surface area (Å²) < 4.78 is 0. The number of pyridine rings is 1. The van der Waals surface area contributed by atoms with Crippen molar-refractivity contribution in [3.63, 3.8) is 0 Å². The van der Waals surface area contributed by atoms with Crippen LogP contribution in [-0.4, -0.2) is 24.6 Å². The van der Waals surface area contributed by atoms with Gasteiger partial charge in [-0.3, -0.25) is 0 Å². The van der Waals surface area contributed by atoms with Crippen LogP contribution in [0.4, 0.5) is 5.82 Å². The van der Waals surface area contributed by atoms with Crippen LogP contribution in [0.25, 0.3) is 0 Å². The predicted octanol–water partition coefficient (Wildman–Crippen LogP) is 2.34. The van der Waals surface area contributed by atoms with Crippen LogP contribution in [0.1, 0.15) is 32.0 Å². The third-order valence-corrected chi connectivity index (χ3v) is 2.58. The molecule has 0 amide bonds. The molecule has 0 atom stereocenters. The maximum Gasteiger partial charge on any atom is 0.128 e. The molecule has 0 aliphatic heterocycles. The molecule has 1 aromatic heterocycles. The third-order valence-electron chi connectivity index (χ3n) is 2.58. The second kappa shape index (κ2) is 5.85. The molecule has 1 aromatic rings. The van der Waals surface area contributed by atoms with E-state index in [4.69, 9.17) is 0 Å². The highest BCUT2D eigenvalue weighted by molar-refractivity contribution is 5.41. The smallest absolute Gasteiger partial charge is 0.128 e. The van der Waals surface area contributed by atoms with Gasteiger partial charge in [-0.2, -0.15) is 0 Å². The van der Waals surface area contributed by atoms with Gasteiger partial charge in [-0.05, 0) is 31.5 Å². The summed E-state index contributed by atoms with van der Waals surface area (Å²) in [4.78, 5) is 6.69. The van der Waals surface area contributed by atoms with E-state index in [0.717, 1.165) is 24.6 Å². The molecule has 0 saturated heterocycles. The molecule has 0 unspecified atom stereocenters. The molecular formula is C13H23N3. The number of aryl methyl sites for hydroxylation is 1. The molecule has 0 bridgehead atoms. The maximum atomic E-state index is 4.53. The highest BCUT2D eigenvalue weighted by atomic mass is 15.2. The summed E-state index contributed by atoms with van der Waals surface area (Å²) in [5.41, 5.74) is 2.38. The van der Waals surface area contributed by atoms with Gasteiger partial charge in [0, 0.05) is 31.9 Å². The van der Waals surface area contributed by atoms with Crippen molar-refractivity contribution in [1.82, 2.24) is 10.3 Å². The van der Waals surface area contributed by atoms with Crippen LogP contribution in [0.15, 0.2) is 12.1 Å². The third kappa shape index (κ3) is 3.81. The molecule has 3 heteroatoms. The summed E-state index contributed by atoms with van der Waals surface area (Å²) in [5.74, 6) is 1.06. The van der Waals surface area contributed by atoms with E-state index in [1.165, 1.54) is 5.56 Å². The van der Waals surface area contributed by atoms with E-state index in [2.05, 4.69) is 55.2 Å². The van der Waals surface area contributed by atoms with Crippen LogP contribution < -0.4 is 10.2 Å². The first-order valence-corrected chi connectivity index (χ1v) is 5.95. The first kappa shape index (κ1) is 13.0. The quantitative estimate of drug-likeness (QED) is 0.827. The van der Waals surface area contributed by atoms with Crippen LogP contribution in [0.5, 0.6) is 0 Å². The van der Waals surface area contributed by atoms with Crippen molar-refractivity contribution in [2.24, 2.45) is 0 Å². The van der Waals surface area contributed by atoms with Gasteiger partial charge in [0.2, 0.25) is 0 Å². The second-order valence-electron chi connectivity index (χ2n) is 4.52. The Labute approximate surface area is 98.9 Å². The van der Waals surface area contributed by atoms with Crippen LogP contribution >= 0.6 is 0 Å². The molecule has 0 saturated carbocycles. The van der Waals surface area contributed by atoms with Gasteiger partial charge in [0.1, 0.15) is 5.82 Å². The van der Waals surface area contributed by atoms with Crippen LogP contribution in [0.3, 0.4) is 0 Å². The van der Waals surface area contributed by atoms with Gasteiger partial charge in [-0.25, -0.2) is 4.98 Å². The number of aromatic nitrogens is 1. The van der Waals surface area contributed by atoms with E-state index in [9.17, 15) is 0 Å². The van der Waals surface area contributed by atoms with Crippen molar-refractivity contribution in [1.29, 1.82) is 0 Å². The molecule has 1 rings (SSSR count). The monoisotopic (exact) mass is 221 g/mol. The lowest BCUT2D eigenvalue weighted by Gasteiger charge is -2.17. The molecule has 1 N–H and O–H groups in total. The summed E-state index contributed by atoms with van der Waals surface area (Å²) in [7, 11) is 2.07. The molecule has 90 valence electrons. The molecule has 0 fully saturated rings. The van der Waals surface area contributed by atoms with Crippen molar-refractivity contribution in [3.05, 3.63) is 23.4 Å². The number of nitrogens with one attached hydrogen (secondary N) is 1. The summed E-state index contributed by atoms with van der Waals surface area (Å²) >= 11 is 0. The minimum atomic E-state index is 0.515. The average Bonchev–Trinajstić information content (AvgIpc) is 2.24. The Morgan fingerprint density at radius 3 is 2.62 bits per heavy atom. The van der Waals surface area contributed by atoms with Crippen molar-refractivity contribution >= 4 is 5.82 Å². The van der Waals surface area contributed by atoms with Gasteiger partial charge >= 0.3 is 0 Å². The summed E-state index contributed by atoms with van der Waals surface area (Å²) in [5, 5.41) is 3.43. The Kier molecular flexibility index (Phi) is 4.74. The fourth-order valence-corrected chi connectivity index (χ4v) is 1.50. The first-order chi connectivity index (χ1) is 7.52. The Morgan fingerprint density at radius 1 is 1.38 bits per heavy atom. The Hall–Kier alpha value is -1.09. The highest BCUT2D eigenvalue weighted by Crippen LogP contribution is 2.13. The first-order valence-electron chi connectivity index (χ1n) is 5.95. The molecule has 16 heavy (non-hydrogen) atoms. The van der Waals surface area contributed by atoms with E-state index in [1.807, 2.05) is 6.92 Å². The van der Waals surface area contributed by atoms with Crippen molar-refractivity contribution in [2.75, 3.05) is 18.5 Å². The van der Waals surface area contributed by atoms with Gasteiger partial charge < -0.3 is 10.2 Å². The minimum Gasteiger partial charge on any atom is -0.360 e. The fourth-order valence-electron chi connectivity index (χ4n) is 1.50. The average molecular weight is 221 g/mol. The minimum absolute atomic E-state index is 0.515.